The molecule has 0 fully saturated rings. The lowest BCUT2D eigenvalue weighted by atomic mass is 10.1. The second-order valence-corrected chi connectivity index (χ2v) is 6.43. The Morgan fingerprint density at radius 2 is 1.83 bits per heavy atom. The Balaban J connectivity index is 1.77. The summed E-state index contributed by atoms with van der Waals surface area (Å²) in [5.41, 5.74) is 4.55. The molecule has 0 bridgehead atoms. The summed E-state index contributed by atoms with van der Waals surface area (Å²) in [5, 5.41) is 6.10. The number of aryl methyl sites for hydroxylation is 1. The van der Waals surface area contributed by atoms with E-state index in [-0.39, 0.29) is 5.82 Å². The molecule has 1 aromatic heterocycles. The van der Waals surface area contributed by atoms with Crippen molar-refractivity contribution in [3.05, 3.63) is 59.2 Å². The first-order valence-electron chi connectivity index (χ1n) is 7.29. The standard InChI is InChI=1S/C18H18FN3S/c1-12-10-13(4-9-16(12)19)17-11-23-18(21-17)20-14-5-7-15(8-6-14)22(2)3/h4-11H,1-3H3,(H,20,21). The molecule has 0 aliphatic heterocycles. The smallest absolute Gasteiger partial charge is 0.187 e. The van der Waals surface area contributed by atoms with Gasteiger partial charge in [-0.05, 0) is 55.0 Å². The number of nitrogens with one attached hydrogen (secondary N) is 1. The van der Waals surface area contributed by atoms with Crippen LogP contribution >= 0.6 is 11.3 Å². The first-order chi connectivity index (χ1) is 11.0. The lowest BCUT2D eigenvalue weighted by Gasteiger charge is -2.12. The largest absolute Gasteiger partial charge is 0.378 e. The van der Waals surface area contributed by atoms with E-state index >= 15 is 0 Å². The van der Waals surface area contributed by atoms with Crippen LogP contribution in [0.25, 0.3) is 11.3 Å². The molecule has 0 aliphatic carbocycles. The Bertz CT molecular complexity index is 809. The van der Waals surface area contributed by atoms with Crippen molar-refractivity contribution in [3.63, 3.8) is 0 Å². The summed E-state index contributed by atoms with van der Waals surface area (Å²) in [5.74, 6) is -0.191. The van der Waals surface area contributed by atoms with Crippen LogP contribution in [0.5, 0.6) is 0 Å². The summed E-state index contributed by atoms with van der Waals surface area (Å²) in [7, 11) is 4.03. The van der Waals surface area contributed by atoms with Crippen molar-refractivity contribution >= 4 is 27.8 Å². The minimum atomic E-state index is -0.191. The van der Waals surface area contributed by atoms with Crippen molar-refractivity contribution in [2.75, 3.05) is 24.3 Å². The van der Waals surface area contributed by atoms with Gasteiger partial charge in [-0.2, -0.15) is 0 Å². The van der Waals surface area contributed by atoms with E-state index in [0.29, 0.717) is 5.56 Å². The molecular formula is C18H18FN3S. The number of hydrogen-bond acceptors (Lipinski definition) is 4. The molecule has 1 N–H and O–H groups in total. The average Bonchev–Trinajstić information content (AvgIpc) is 2.99. The molecule has 3 aromatic rings. The fourth-order valence-electron chi connectivity index (χ4n) is 2.23. The zero-order valence-electron chi connectivity index (χ0n) is 13.3. The van der Waals surface area contributed by atoms with Gasteiger partial charge in [-0.3, -0.25) is 0 Å². The van der Waals surface area contributed by atoms with E-state index in [4.69, 9.17) is 0 Å². The van der Waals surface area contributed by atoms with E-state index in [1.165, 1.54) is 17.4 Å². The molecule has 0 amide bonds. The number of rotatable bonds is 4. The van der Waals surface area contributed by atoms with Crippen molar-refractivity contribution in [1.29, 1.82) is 0 Å². The first-order valence-corrected chi connectivity index (χ1v) is 8.17. The predicted octanol–water partition coefficient (Wildman–Crippen LogP) is 5.07. The van der Waals surface area contributed by atoms with Gasteiger partial charge >= 0.3 is 0 Å². The second kappa shape index (κ2) is 6.38. The number of thiazole rings is 1. The highest BCUT2D eigenvalue weighted by molar-refractivity contribution is 7.14. The van der Waals surface area contributed by atoms with Crippen LogP contribution in [0.4, 0.5) is 20.9 Å². The maximum absolute atomic E-state index is 13.4. The Morgan fingerprint density at radius 3 is 2.48 bits per heavy atom. The van der Waals surface area contributed by atoms with Crippen molar-refractivity contribution in [2.45, 2.75) is 6.92 Å². The number of aromatic nitrogens is 1. The van der Waals surface area contributed by atoms with E-state index < -0.39 is 0 Å². The molecule has 23 heavy (non-hydrogen) atoms. The quantitative estimate of drug-likeness (QED) is 0.725. The van der Waals surface area contributed by atoms with Crippen molar-refractivity contribution in [2.24, 2.45) is 0 Å². The number of anilines is 3. The second-order valence-electron chi connectivity index (χ2n) is 5.57. The topological polar surface area (TPSA) is 28.2 Å². The van der Waals surface area contributed by atoms with Crippen LogP contribution < -0.4 is 10.2 Å². The van der Waals surface area contributed by atoms with E-state index in [0.717, 1.165) is 27.8 Å². The van der Waals surface area contributed by atoms with E-state index in [1.807, 2.05) is 37.7 Å². The van der Waals surface area contributed by atoms with Gasteiger partial charge < -0.3 is 10.2 Å². The Labute approximate surface area is 139 Å². The summed E-state index contributed by atoms with van der Waals surface area (Å²) in [6.45, 7) is 1.76. The van der Waals surface area contributed by atoms with Crippen molar-refractivity contribution in [1.82, 2.24) is 4.98 Å². The minimum absolute atomic E-state index is 0.191. The first kappa shape index (κ1) is 15.5. The maximum atomic E-state index is 13.4. The molecule has 2 aromatic carbocycles. The molecule has 0 atom stereocenters. The fourth-order valence-corrected chi connectivity index (χ4v) is 2.97. The minimum Gasteiger partial charge on any atom is -0.378 e. The summed E-state index contributed by atoms with van der Waals surface area (Å²) in [6.07, 6.45) is 0. The number of hydrogen-bond donors (Lipinski definition) is 1. The van der Waals surface area contributed by atoms with Gasteiger partial charge in [-0.25, -0.2) is 9.37 Å². The molecule has 0 unspecified atom stereocenters. The molecule has 0 saturated heterocycles. The molecule has 3 rings (SSSR count). The highest BCUT2D eigenvalue weighted by atomic mass is 32.1. The third-order valence-corrected chi connectivity index (χ3v) is 4.35. The van der Waals surface area contributed by atoms with Gasteiger partial charge in [0.05, 0.1) is 5.69 Å². The Kier molecular flexibility index (Phi) is 4.30. The zero-order valence-corrected chi connectivity index (χ0v) is 14.1. The number of nitrogens with zero attached hydrogens (tertiary/aromatic N) is 2. The molecular weight excluding hydrogens is 309 g/mol. The van der Waals surface area contributed by atoms with Gasteiger partial charge in [0.1, 0.15) is 5.82 Å². The molecule has 5 heteroatoms. The number of halogens is 1. The summed E-state index contributed by atoms with van der Waals surface area (Å²) in [4.78, 5) is 6.64. The van der Waals surface area contributed by atoms with Gasteiger partial charge in [0, 0.05) is 36.4 Å². The highest BCUT2D eigenvalue weighted by Gasteiger charge is 2.07. The lowest BCUT2D eigenvalue weighted by Crippen LogP contribution is -2.08. The zero-order chi connectivity index (χ0) is 16.4. The summed E-state index contributed by atoms with van der Waals surface area (Å²) >= 11 is 1.53. The van der Waals surface area contributed by atoms with Gasteiger partial charge in [0.15, 0.2) is 5.13 Å². The van der Waals surface area contributed by atoms with Crippen LogP contribution in [0.3, 0.4) is 0 Å². The molecule has 0 saturated carbocycles. The van der Waals surface area contributed by atoms with Crippen molar-refractivity contribution in [3.8, 4) is 11.3 Å². The number of benzene rings is 2. The normalized spacial score (nSPS) is 10.6. The monoisotopic (exact) mass is 327 g/mol. The van der Waals surface area contributed by atoms with Gasteiger partial charge in [-0.15, -0.1) is 11.3 Å². The maximum Gasteiger partial charge on any atom is 0.187 e. The third kappa shape index (κ3) is 3.51. The highest BCUT2D eigenvalue weighted by Crippen LogP contribution is 2.28. The molecule has 0 aliphatic rings. The fraction of sp³-hybridized carbons (Fsp3) is 0.167. The Morgan fingerprint density at radius 1 is 1.09 bits per heavy atom. The average molecular weight is 327 g/mol. The van der Waals surface area contributed by atoms with Crippen LogP contribution in [0.2, 0.25) is 0 Å². The van der Waals surface area contributed by atoms with E-state index in [1.54, 1.807) is 13.0 Å². The predicted molar refractivity (Wildman–Crippen MR) is 96.3 cm³/mol. The van der Waals surface area contributed by atoms with Gasteiger partial charge in [0.2, 0.25) is 0 Å². The molecule has 3 nitrogen and oxygen atoms in total. The molecule has 1 heterocycles. The van der Waals surface area contributed by atoms with Crippen LogP contribution in [0.1, 0.15) is 5.56 Å². The van der Waals surface area contributed by atoms with Crippen LogP contribution in [0.15, 0.2) is 47.8 Å². The van der Waals surface area contributed by atoms with Gasteiger partial charge in [-0.1, -0.05) is 0 Å². The lowest BCUT2D eigenvalue weighted by molar-refractivity contribution is 0.619. The summed E-state index contributed by atoms with van der Waals surface area (Å²) < 4.78 is 13.4. The van der Waals surface area contributed by atoms with Crippen LogP contribution in [0, 0.1) is 12.7 Å². The van der Waals surface area contributed by atoms with E-state index in [2.05, 4.69) is 27.3 Å². The molecule has 0 spiro atoms. The van der Waals surface area contributed by atoms with Gasteiger partial charge in [0.25, 0.3) is 0 Å². The molecule has 0 radical (unpaired) electrons. The Hall–Kier alpha value is -2.40. The summed E-state index contributed by atoms with van der Waals surface area (Å²) in [6, 6.07) is 13.2. The van der Waals surface area contributed by atoms with E-state index in [9.17, 15) is 4.39 Å². The SMILES string of the molecule is Cc1cc(-c2csc(Nc3ccc(N(C)C)cc3)n2)ccc1F. The van der Waals surface area contributed by atoms with Crippen LogP contribution in [-0.2, 0) is 0 Å². The third-order valence-electron chi connectivity index (χ3n) is 3.59. The van der Waals surface area contributed by atoms with Crippen molar-refractivity contribution < 1.29 is 4.39 Å². The van der Waals surface area contributed by atoms with Crippen LogP contribution in [-0.4, -0.2) is 19.1 Å². The molecule has 118 valence electrons.